The number of hydrogen-bond donors (Lipinski definition) is 1. The van der Waals surface area contributed by atoms with Crippen molar-refractivity contribution in [1.82, 2.24) is 4.90 Å². The van der Waals surface area contributed by atoms with Crippen molar-refractivity contribution < 1.29 is 9.72 Å². The van der Waals surface area contributed by atoms with E-state index in [0.29, 0.717) is 5.69 Å². The van der Waals surface area contributed by atoms with Crippen molar-refractivity contribution in [2.75, 3.05) is 5.32 Å². The number of benzene rings is 1. The van der Waals surface area contributed by atoms with Gasteiger partial charge in [-0.2, -0.15) is 0 Å². The van der Waals surface area contributed by atoms with E-state index in [4.69, 9.17) is 0 Å². The van der Waals surface area contributed by atoms with Crippen molar-refractivity contribution in [2.24, 2.45) is 0 Å². The van der Waals surface area contributed by atoms with Crippen LogP contribution < -0.4 is 5.32 Å². The summed E-state index contributed by atoms with van der Waals surface area (Å²) in [5, 5.41) is 13.3. The van der Waals surface area contributed by atoms with E-state index < -0.39 is 4.92 Å². The molecular formula is C13H19N3O3. The predicted molar refractivity (Wildman–Crippen MR) is 74.2 cm³/mol. The zero-order chi connectivity index (χ0) is 14.6. The molecule has 1 aromatic rings. The van der Waals surface area contributed by atoms with Crippen molar-refractivity contribution in [3.8, 4) is 0 Å². The van der Waals surface area contributed by atoms with Crippen LogP contribution in [0.2, 0.25) is 0 Å². The largest absolute Gasteiger partial charge is 0.322 e. The van der Waals surface area contributed by atoms with E-state index in [1.165, 1.54) is 24.3 Å². The molecule has 0 aromatic heterocycles. The molecular weight excluding hydrogens is 246 g/mol. The van der Waals surface area contributed by atoms with Gasteiger partial charge in [0, 0.05) is 29.9 Å². The minimum absolute atomic E-state index is 0.00238. The van der Waals surface area contributed by atoms with Crippen LogP contribution in [0.1, 0.15) is 27.7 Å². The molecule has 0 aliphatic carbocycles. The van der Waals surface area contributed by atoms with Gasteiger partial charge in [0.05, 0.1) is 4.92 Å². The third-order valence-electron chi connectivity index (χ3n) is 2.68. The van der Waals surface area contributed by atoms with Crippen molar-refractivity contribution in [2.45, 2.75) is 39.8 Å². The summed E-state index contributed by atoms with van der Waals surface area (Å²) >= 11 is 0. The number of nitrogens with one attached hydrogen (secondary N) is 1. The van der Waals surface area contributed by atoms with Crippen LogP contribution in [-0.4, -0.2) is 27.9 Å². The molecule has 0 fully saturated rings. The maximum absolute atomic E-state index is 12.1. The van der Waals surface area contributed by atoms with Crippen LogP contribution in [0.3, 0.4) is 0 Å². The smallest absolute Gasteiger partial charge is 0.320 e. The molecule has 0 aliphatic rings. The van der Waals surface area contributed by atoms with Crippen LogP contribution in [0.25, 0.3) is 0 Å². The molecule has 104 valence electrons. The van der Waals surface area contributed by atoms with Crippen LogP contribution in [0.5, 0.6) is 0 Å². The van der Waals surface area contributed by atoms with Gasteiger partial charge in [0.25, 0.3) is 5.69 Å². The molecule has 2 amide bonds. The fourth-order valence-corrected chi connectivity index (χ4v) is 1.92. The first-order chi connectivity index (χ1) is 8.82. The van der Waals surface area contributed by atoms with Gasteiger partial charge in [-0.05, 0) is 39.8 Å². The topological polar surface area (TPSA) is 75.5 Å². The van der Waals surface area contributed by atoms with E-state index in [-0.39, 0.29) is 23.8 Å². The van der Waals surface area contributed by atoms with Gasteiger partial charge >= 0.3 is 6.03 Å². The zero-order valence-corrected chi connectivity index (χ0v) is 11.6. The summed E-state index contributed by atoms with van der Waals surface area (Å²) in [4.78, 5) is 23.9. The number of nitro benzene ring substituents is 1. The van der Waals surface area contributed by atoms with Gasteiger partial charge in [-0.25, -0.2) is 4.79 Å². The molecule has 0 heterocycles. The first kappa shape index (κ1) is 14.9. The second-order valence-electron chi connectivity index (χ2n) is 4.83. The zero-order valence-electron chi connectivity index (χ0n) is 11.6. The molecule has 0 radical (unpaired) electrons. The lowest BCUT2D eigenvalue weighted by Gasteiger charge is -2.30. The summed E-state index contributed by atoms with van der Waals surface area (Å²) in [6.07, 6.45) is 0. The predicted octanol–water partition coefficient (Wildman–Crippen LogP) is 3.25. The van der Waals surface area contributed by atoms with Gasteiger partial charge in [0.1, 0.15) is 0 Å². The number of carbonyl (C=O) groups is 1. The van der Waals surface area contributed by atoms with E-state index >= 15 is 0 Å². The number of rotatable bonds is 4. The van der Waals surface area contributed by atoms with Crippen molar-refractivity contribution in [3.63, 3.8) is 0 Å². The Bertz CT molecular complexity index is 447. The van der Waals surface area contributed by atoms with E-state index in [2.05, 4.69) is 5.32 Å². The second kappa shape index (κ2) is 6.17. The van der Waals surface area contributed by atoms with Crippen molar-refractivity contribution in [3.05, 3.63) is 34.4 Å². The van der Waals surface area contributed by atoms with Gasteiger partial charge in [-0.15, -0.1) is 0 Å². The van der Waals surface area contributed by atoms with Gasteiger partial charge in [0.2, 0.25) is 0 Å². The molecule has 0 aliphatic heterocycles. The average molecular weight is 265 g/mol. The fraction of sp³-hybridized carbons (Fsp3) is 0.462. The Hall–Kier alpha value is -2.11. The SMILES string of the molecule is CC(C)N(C(=O)Nc1ccc([N+](=O)[O-])cc1)C(C)C. The molecule has 0 saturated heterocycles. The van der Waals surface area contributed by atoms with E-state index in [9.17, 15) is 14.9 Å². The number of urea groups is 1. The molecule has 1 N–H and O–H groups in total. The number of amides is 2. The standard InChI is InChI=1S/C13H19N3O3/c1-9(2)15(10(3)4)13(17)14-11-5-7-12(8-6-11)16(18)19/h5-10H,1-4H3,(H,14,17). The van der Waals surface area contributed by atoms with Crippen molar-refractivity contribution in [1.29, 1.82) is 0 Å². The Balaban J connectivity index is 2.78. The molecule has 19 heavy (non-hydrogen) atoms. The van der Waals surface area contributed by atoms with Gasteiger partial charge in [-0.3, -0.25) is 10.1 Å². The molecule has 0 unspecified atom stereocenters. The summed E-state index contributed by atoms with van der Waals surface area (Å²) in [6.45, 7) is 7.76. The quantitative estimate of drug-likeness (QED) is 0.670. The van der Waals surface area contributed by atoms with E-state index in [1.807, 2.05) is 27.7 Å². The monoisotopic (exact) mass is 265 g/mol. The Morgan fingerprint density at radius 1 is 1.16 bits per heavy atom. The van der Waals surface area contributed by atoms with Crippen molar-refractivity contribution >= 4 is 17.4 Å². The first-order valence-corrected chi connectivity index (χ1v) is 6.16. The maximum atomic E-state index is 12.1. The fourth-order valence-electron chi connectivity index (χ4n) is 1.92. The number of nitro groups is 1. The van der Waals surface area contributed by atoms with E-state index in [0.717, 1.165) is 0 Å². The number of carbonyl (C=O) groups excluding carboxylic acids is 1. The number of hydrogen-bond acceptors (Lipinski definition) is 3. The minimum Gasteiger partial charge on any atom is -0.320 e. The Labute approximate surface area is 112 Å². The number of nitrogens with zero attached hydrogens (tertiary/aromatic N) is 2. The molecule has 0 spiro atoms. The summed E-state index contributed by atoms with van der Waals surface area (Å²) in [6, 6.07) is 5.73. The highest BCUT2D eigenvalue weighted by atomic mass is 16.6. The third-order valence-corrected chi connectivity index (χ3v) is 2.68. The van der Waals surface area contributed by atoms with E-state index in [1.54, 1.807) is 4.90 Å². The highest BCUT2D eigenvalue weighted by molar-refractivity contribution is 5.89. The molecule has 0 atom stereocenters. The highest BCUT2D eigenvalue weighted by Gasteiger charge is 2.20. The summed E-state index contributed by atoms with van der Waals surface area (Å²) in [7, 11) is 0. The van der Waals surface area contributed by atoms with Gasteiger partial charge in [0.15, 0.2) is 0 Å². The van der Waals surface area contributed by atoms with Crippen LogP contribution in [0.4, 0.5) is 16.2 Å². The van der Waals surface area contributed by atoms with Crippen LogP contribution in [0.15, 0.2) is 24.3 Å². The Kier molecular flexibility index (Phi) is 4.86. The molecule has 1 aromatic carbocycles. The van der Waals surface area contributed by atoms with Crippen LogP contribution in [-0.2, 0) is 0 Å². The molecule has 6 heteroatoms. The average Bonchev–Trinajstić information content (AvgIpc) is 2.28. The van der Waals surface area contributed by atoms with Gasteiger partial charge < -0.3 is 10.2 Å². The van der Waals surface area contributed by atoms with Gasteiger partial charge in [-0.1, -0.05) is 0 Å². The lowest BCUT2D eigenvalue weighted by Crippen LogP contribution is -2.44. The molecule has 6 nitrogen and oxygen atoms in total. The lowest BCUT2D eigenvalue weighted by atomic mass is 10.2. The maximum Gasteiger partial charge on any atom is 0.322 e. The summed E-state index contributed by atoms with van der Waals surface area (Å²) in [5.74, 6) is 0. The van der Waals surface area contributed by atoms with Crippen LogP contribution in [0, 0.1) is 10.1 Å². The second-order valence-corrected chi connectivity index (χ2v) is 4.83. The Morgan fingerprint density at radius 2 is 1.63 bits per heavy atom. The summed E-state index contributed by atoms with van der Waals surface area (Å²) in [5.41, 5.74) is 0.546. The molecule has 0 bridgehead atoms. The normalized spacial score (nSPS) is 10.6. The molecule has 1 rings (SSSR count). The first-order valence-electron chi connectivity index (χ1n) is 6.16. The Morgan fingerprint density at radius 3 is 2.00 bits per heavy atom. The lowest BCUT2D eigenvalue weighted by molar-refractivity contribution is -0.384. The summed E-state index contributed by atoms with van der Waals surface area (Å²) < 4.78 is 0. The number of non-ortho nitro benzene ring substituents is 1. The highest BCUT2D eigenvalue weighted by Crippen LogP contribution is 2.16. The number of anilines is 1. The minimum atomic E-state index is -0.472. The third kappa shape index (κ3) is 3.94. The molecule has 0 saturated carbocycles. The van der Waals surface area contributed by atoms with Crippen LogP contribution >= 0.6 is 0 Å².